The highest BCUT2D eigenvalue weighted by atomic mass is 19.3. The Morgan fingerprint density at radius 1 is 1.35 bits per heavy atom. The molecule has 0 radical (unpaired) electrons. The minimum absolute atomic E-state index is 0.363. The third-order valence-electron chi connectivity index (χ3n) is 2.62. The van der Waals surface area contributed by atoms with Crippen LogP contribution in [0.2, 0.25) is 0 Å². The van der Waals surface area contributed by atoms with Crippen LogP contribution in [0.5, 0.6) is 5.75 Å². The lowest BCUT2D eigenvalue weighted by Gasteiger charge is -2.12. The molecule has 112 valence electrons. The number of guanidine groups is 1. The summed E-state index contributed by atoms with van der Waals surface area (Å²) in [7, 11) is 1.60. The van der Waals surface area contributed by atoms with Crippen molar-refractivity contribution in [3.63, 3.8) is 0 Å². The number of methoxy groups -OCH3 is 1. The summed E-state index contributed by atoms with van der Waals surface area (Å²) < 4.78 is 29.7. The van der Waals surface area contributed by atoms with Gasteiger partial charge in [-0.05, 0) is 25.5 Å². The predicted molar refractivity (Wildman–Crippen MR) is 76.6 cm³/mol. The van der Waals surface area contributed by atoms with E-state index in [1.54, 1.807) is 7.11 Å². The second-order valence-corrected chi connectivity index (χ2v) is 4.28. The van der Waals surface area contributed by atoms with E-state index in [9.17, 15) is 8.78 Å². The smallest absolute Gasteiger partial charge is 0.255 e. The van der Waals surface area contributed by atoms with Crippen molar-refractivity contribution in [3.05, 3.63) is 29.3 Å². The minimum atomic E-state index is -2.41. The number of hydrogen-bond donors (Lipinski definition) is 2. The number of benzene rings is 1. The molecule has 1 rings (SSSR count). The van der Waals surface area contributed by atoms with E-state index < -0.39 is 13.0 Å². The van der Waals surface area contributed by atoms with Crippen LogP contribution in [-0.4, -0.2) is 32.6 Å². The van der Waals surface area contributed by atoms with Crippen LogP contribution in [0.3, 0.4) is 0 Å². The molecule has 0 spiro atoms. The molecule has 0 aliphatic rings. The Kier molecular flexibility index (Phi) is 6.76. The summed E-state index contributed by atoms with van der Waals surface area (Å²) in [6.45, 7) is 4.41. The number of halogens is 2. The van der Waals surface area contributed by atoms with Crippen molar-refractivity contribution in [1.82, 2.24) is 10.6 Å². The summed E-state index contributed by atoms with van der Waals surface area (Å²) in [4.78, 5) is 4.28. The topological polar surface area (TPSA) is 45.7 Å². The summed E-state index contributed by atoms with van der Waals surface area (Å²) in [6.07, 6.45) is -2.41. The summed E-state index contributed by atoms with van der Waals surface area (Å²) in [5, 5.41) is 5.51. The maximum absolute atomic E-state index is 12.2. The van der Waals surface area contributed by atoms with E-state index in [0.717, 1.165) is 16.9 Å². The van der Waals surface area contributed by atoms with Gasteiger partial charge in [-0.3, -0.25) is 0 Å². The lowest BCUT2D eigenvalue weighted by molar-refractivity contribution is 0.152. The van der Waals surface area contributed by atoms with E-state index in [4.69, 9.17) is 4.74 Å². The molecule has 20 heavy (non-hydrogen) atoms. The van der Waals surface area contributed by atoms with Gasteiger partial charge < -0.3 is 15.4 Å². The number of rotatable bonds is 6. The lowest BCUT2D eigenvalue weighted by Crippen LogP contribution is -2.39. The fraction of sp³-hybridized carbons (Fsp3) is 0.500. The van der Waals surface area contributed by atoms with Crippen molar-refractivity contribution in [1.29, 1.82) is 0 Å². The molecule has 0 heterocycles. The van der Waals surface area contributed by atoms with Crippen molar-refractivity contribution < 1.29 is 13.5 Å². The Bertz CT molecular complexity index is 450. The van der Waals surface area contributed by atoms with Crippen molar-refractivity contribution in [3.8, 4) is 5.75 Å². The van der Waals surface area contributed by atoms with Gasteiger partial charge >= 0.3 is 0 Å². The lowest BCUT2D eigenvalue weighted by atomic mass is 10.1. The van der Waals surface area contributed by atoms with Crippen LogP contribution >= 0.6 is 0 Å². The molecule has 0 atom stereocenters. The highest BCUT2D eigenvalue weighted by molar-refractivity contribution is 5.79. The third kappa shape index (κ3) is 5.42. The van der Waals surface area contributed by atoms with E-state index >= 15 is 0 Å². The molecule has 0 fully saturated rings. The SMILES string of the molecule is CCNC(=NCc1ccc(C)cc1OC)NCC(F)F. The highest BCUT2D eigenvalue weighted by Crippen LogP contribution is 2.20. The zero-order valence-electron chi connectivity index (χ0n) is 12.0. The molecule has 0 bridgehead atoms. The van der Waals surface area contributed by atoms with Gasteiger partial charge in [-0.25, -0.2) is 13.8 Å². The zero-order chi connectivity index (χ0) is 15.0. The van der Waals surface area contributed by atoms with Crippen molar-refractivity contribution in [2.24, 2.45) is 4.99 Å². The number of nitrogens with one attached hydrogen (secondary N) is 2. The third-order valence-corrected chi connectivity index (χ3v) is 2.62. The van der Waals surface area contributed by atoms with E-state index in [0.29, 0.717) is 19.0 Å². The molecule has 0 unspecified atom stereocenters. The van der Waals surface area contributed by atoms with Crippen molar-refractivity contribution in [2.45, 2.75) is 26.8 Å². The summed E-state index contributed by atoms with van der Waals surface area (Å²) in [5.41, 5.74) is 2.00. The first-order chi connectivity index (χ1) is 9.56. The molecule has 0 aromatic heterocycles. The normalized spacial score (nSPS) is 11.6. The minimum Gasteiger partial charge on any atom is -0.496 e. The molecule has 0 aliphatic carbocycles. The van der Waals surface area contributed by atoms with Gasteiger partial charge in [-0.1, -0.05) is 12.1 Å². The fourth-order valence-corrected chi connectivity index (χ4v) is 1.66. The first kappa shape index (κ1) is 16.2. The maximum atomic E-state index is 12.2. The average molecular weight is 285 g/mol. The molecule has 6 heteroatoms. The molecular formula is C14H21F2N3O. The van der Waals surface area contributed by atoms with Gasteiger partial charge in [0.05, 0.1) is 20.2 Å². The Morgan fingerprint density at radius 2 is 2.10 bits per heavy atom. The van der Waals surface area contributed by atoms with Gasteiger partial charge in [0, 0.05) is 12.1 Å². The first-order valence-electron chi connectivity index (χ1n) is 6.50. The number of ether oxygens (including phenoxy) is 1. The first-order valence-corrected chi connectivity index (χ1v) is 6.50. The molecule has 1 aromatic rings. The van der Waals surface area contributed by atoms with Gasteiger partial charge in [0.2, 0.25) is 0 Å². The molecule has 0 amide bonds. The Hall–Kier alpha value is -1.85. The van der Waals surface area contributed by atoms with Crippen LogP contribution in [0.4, 0.5) is 8.78 Å². The summed E-state index contributed by atoms with van der Waals surface area (Å²) in [6, 6.07) is 5.81. The summed E-state index contributed by atoms with van der Waals surface area (Å²) in [5.74, 6) is 1.12. The van der Waals surface area contributed by atoms with E-state index in [2.05, 4.69) is 15.6 Å². The van der Waals surface area contributed by atoms with E-state index in [-0.39, 0.29) is 0 Å². The quantitative estimate of drug-likeness (QED) is 0.623. The highest BCUT2D eigenvalue weighted by Gasteiger charge is 2.06. The van der Waals surface area contributed by atoms with Crippen LogP contribution in [0.25, 0.3) is 0 Å². The van der Waals surface area contributed by atoms with Gasteiger partial charge in [-0.15, -0.1) is 0 Å². The second kappa shape index (κ2) is 8.35. The standard InChI is InChI=1S/C14H21F2N3O/c1-4-17-14(19-9-13(15)16)18-8-11-6-5-10(2)7-12(11)20-3/h5-7,13H,4,8-9H2,1-3H3,(H2,17,18,19). The Labute approximate surface area is 118 Å². The van der Waals surface area contributed by atoms with Gasteiger partial charge in [-0.2, -0.15) is 0 Å². The molecule has 0 aliphatic heterocycles. The van der Waals surface area contributed by atoms with Gasteiger partial charge in [0.15, 0.2) is 5.96 Å². The molecule has 4 nitrogen and oxygen atoms in total. The predicted octanol–water partition coefficient (Wildman–Crippen LogP) is 2.32. The fourth-order valence-electron chi connectivity index (χ4n) is 1.66. The molecule has 0 saturated heterocycles. The largest absolute Gasteiger partial charge is 0.496 e. The number of nitrogens with zero attached hydrogens (tertiary/aromatic N) is 1. The number of hydrogen-bond acceptors (Lipinski definition) is 2. The number of aryl methyl sites for hydroxylation is 1. The average Bonchev–Trinajstić information content (AvgIpc) is 2.42. The van der Waals surface area contributed by atoms with Crippen molar-refractivity contribution in [2.75, 3.05) is 20.2 Å². The van der Waals surface area contributed by atoms with Gasteiger partial charge in [0.1, 0.15) is 5.75 Å². The Balaban J connectivity index is 2.75. The number of alkyl halides is 2. The molecular weight excluding hydrogens is 264 g/mol. The monoisotopic (exact) mass is 285 g/mol. The zero-order valence-corrected chi connectivity index (χ0v) is 12.0. The van der Waals surface area contributed by atoms with Crippen LogP contribution in [0.15, 0.2) is 23.2 Å². The van der Waals surface area contributed by atoms with Crippen LogP contribution in [-0.2, 0) is 6.54 Å². The molecule has 1 aromatic carbocycles. The van der Waals surface area contributed by atoms with Gasteiger partial charge in [0.25, 0.3) is 6.43 Å². The van der Waals surface area contributed by atoms with E-state index in [1.807, 2.05) is 32.0 Å². The summed E-state index contributed by atoms with van der Waals surface area (Å²) >= 11 is 0. The van der Waals surface area contributed by atoms with E-state index in [1.165, 1.54) is 0 Å². The van der Waals surface area contributed by atoms with Crippen LogP contribution < -0.4 is 15.4 Å². The van der Waals surface area contributed by atoms with Crippen LogP contribution in [0, 0.1) is 6.92 Å². The maximum Gasteiger partial charge on any atom is 0.255 e. The molecule has 2 N–H and O–H groups in total. The number of aliphatic imine (C=N–C) groups is 1. The van der Waals surface area contributed by atoms with Crippen LogP contribution in [0.1, 0.15) is 18.1 Å². The Morgan fingerprint density at radius 3 is 2.70 bits per heavy atom. The second-order valence-electron chi connectivity index (χ2n) is 4.28. The molecule has 0 saturated carbocycles. The van der Waals surface area contributed by atoms with Crippen molar-refractivity contribution >= 4 is 5.96 Å².